The summed E-state index contributed by atoms with van der Waals surface area (Å²) >= 11 is 0. The molecule has 0 aromatic carbocycles. The maximum Gasteiger partial charge on any atom is 0.159 e. The fourth-order valence-electron chi connectivity index (χ4n) is 5.55. The van der Waals surface area contributed by atoms with E-state index in [0.717, 1.165) is 77.0 Å². The van der Waals surface area contributed by atoms with E-state index in [4.69, 9.17) is 9.47 Å². The van der Waals surface area contributed by atoms with Crippen molar-refractivity contribution in [1.82, 2.24) is 19.9 Å². The maximum absolute atomic E-state index is 10.8. The highest BCUT2D eigenvalue weighted by atomic mass is 16.5. The minimum Gasteiger partial charge on any atom is -0.374 e. The predicted octanol–water partition coefficient (Wildman–Crippen LogP) is 8.15. The molecule has 0 spiro atoms. The molecule has 0 saturated heterocycles. The normalized spacial score (nSPS) is 20.2. The second-order valence-corrected chi connectivity index (χ2v) is 12.0. The van der Waals surface area contributed by atoms with Gasteiger partial charge >= 0.3 is 0 Å². The molecule has 2 aliphatic carbocycles. The van der Waals surface area contributed by atoms with Crippen molar-refractivity contribution in [2.24, 2.45) is 11.8 Å². The Balaban J connectivity index is 0.000000230. The molecule has 0 radical (unpaired) electrons. The Labute approximate surface area is 263 Å². The van der Waals surface area contributed by atoms with Gasteiger partial charge in [-0.15, -0.1) is 0 Å². The summed E-state index contributed by atoms with van der Waals surface area (Å²) in [5.41, 5.74) is 5.03. The summed E-state index contributed by atoms with van der Waals surface area (Å²) in [5, 5.41) is 2.20. The highest BCUT2D eigenvalue weighted by Gasteiger charge is 2.30. The van der Waals surface area contributed by atoms with Gasteiger partial charge < -0.3 is 9.47 Å². The van der Waals surface area contributed by atoms with Crippen molar-refractivity contribution in [2.75, 3.05) is 13.2 Å². The Morgan fingerprint density at radius 2 is 1.18 bits per heavy atom. The molecular weight excluding hydrogens is 548 g/mol. The van der Waals surface area contributed by atoms with E-state index in [9.17, 15) is 4.79 Å². The lowest BCUT2D eigenvalue weighted by Gasteiger charge is -2.35. The number of carbonyl (C=O) groups excluding carboxylic acids is 1. The van der Waals surface area contributed by atoms with Crippen LogP contribution >= 0.6 is 0 Å². The molecule has 2 fully saturated rings. The number of fused-ring (bicyclic) bond motifs is 2. The number of aromatic nitrogens is 4. The first-order chi connectivity index (χ1) is 20.4. The highest BCUT2D eigenvalue weighted by Crippen LogP contribution is 2.34. The quantitative estimate of drug-likeness (QED) is 0.152. The number of rotatable bonds is 12. The summed E-state index contributed by atoms with van der Waals surface area (Å²) in [6, 6.07) is 16.4. The van der Waals surface area contributed by atoms with Crippen molar-refractivity contribution >= 4 is 27.9 Å². The lowest BCUT2D eigenvalue weighted by molar-refractivity contribution is -0.126. The Hall–Kier alpha value is -3.55. The van der Waals surface area contributed by atoms with E-state index in [0.29, 0.717) is 18.6 Å². The fraction of sp³-hybridized carbons (Fsp3) is 0.486. The average molecular weight is 599 g/mol. The third kappa shape index (κ3) is 10.3. The van der Waals surface area contributed by atoms with Crippen molar-refractivity contribution in [2.45, 2.75) is 92.3 Å². The Morgan fingerprint density at radius 1 is 0.727 bits per heavy atom. The number of nitrogens with zero attached hydrogens (tertiary/aromatic N) is 4. The van der Waals surface area contributed by atoms with Gasteiger partial charge in [-0.2, -0.15) is 0 Å². The third-order valence-corrected chi connectivity index (χ3v) is 8.13. The van der Waals surface area contributed by atoms with Crippen LogP contribution in [0.1, 0.15) is 78.6 Å². The largest absolute Gasteiger partial charge is 0.374 e. The zero-order chi connectivity index (χ0) is 29.3. The molecule has 4 aromatic rings. The van der Waals surface area contributed by atoms with Crippen LogP contribution < -0.4 is 0 Å². The van der Waals surface area contributed by atoms with Gasteiger partial charge in [0.25, 0.3) is 0 Å². The van der Waals surface area contributed by atoms with Crippen LogP contribution in [0.5, 0.6) is 0 Å². The summed E-state index contributed by atoms with van der Waals surface area (Å²) < 4.78 is 11.3. The molecule has 44 heavy (non-hydrogen) atoms. The van der Waals surface area contributed by atoms with Crippen LogP contribution in [0.25, 0.3) is 22.1 Å². The van der Waals surface area contributed by atoms with Gasteiger partial charge in [0.2, 0.25) is 0 Å². The topological polar surface area (TPSA) is 87.1 Å². The summed E-state index contributed by atoms with van der Waals surface area (Å²) in [6.45, 7) is 8.40. The van der Waals surface area contributed by atoms with Gasteiger partial charge in [-0.25, -0.2) is 19.9 Å². The molecule has 7 heteroatoms. The Kier molecular flexibility index (Phi) is 13.6. The van der Waals surface area contributed by atoms with Crippen molar-refractivity contribution in [3.8, 4) is 0 Å². The van der Waals surface area contributed by atoms with Crippen LogP contribution in [-0.2, 0) is 27.1 Å². The number of hydrogen-bond acceptors (Lipinski definition) is 7. The van der Waals surface area contributed by atoms with Gasteiger partial charge in [0.1, 0.15) is 6.61 Å². The van der Waals surface area contributed by atoms with Crippen LogP contribution in [0, 0.1) is 11.8 Å². The van der Waals surface area contributed by atoms with Gasteiger partial charge in [-0.1, -0.05) is 27.0 Å². The molecule has 4 heterocycles. The minimum absolute atomic E-state index is 0. The molecule has 0 N–H and O–H groups in total. The van der Waals surface area contributed by atoms with E-state index in [-0.39, 0.29) is 33.3 Å². The van der Waals surface area contributed by atoms with E-state index >= 15 is 0 Å². The third-order valence-electron chi connectivity index (χ3n) is 8.13. The Morgan fingerprint density at radius 3 is 1.61 bits per heavy atom. The fourth-order valence-corrected chi connectivity index (χ4v) is 5.55. The Bertz CT molecular complexity index is 1380. The zero-order valence-corrected chi connectivity index (χ0v) is 24.9. The van der Waals surface area contributed by atoms with E-state index in [1.54, 1.807) is 19.3 Å². The molecule has 0 bridgehead atoms. The molecule has 2 saturated carbocycles. The molecule has 0 aliphatic heterocycles. The number of ketones is 1. The maximum atomic E-state index is 10.8. The summed E-state index contributed by atoms with van der Waals surface area (Å²) in [4.78, 5) is 28.7. The summed E-state index contributed by atoms with van der Waals surface area (Å²) in [7, 11) is 0. The van der Waals surface area contributed by atoms with Gasteiger partial charge in [-0.05, 0) is 126 Å². The van der Waals surface area contributed by atoms with Crippen molar-refractivity contribution in [3.63, 3.8) is 0 Å². The van der Waals surface area contributed by atoms with E-state index < -0.39 is 0 Å². The first kappa shape index (κ1) is 34.9. The number of aryl methyl sites for hydroxylation is 2. The first-order valence-corrected chi connectivity index (χ1v) is 15.2. The number of carbonyl (C=O) groups is 1. The van der Waals surface area contributed by atoms with Crippen LogP contribution in [0.2, 0.25) is 0 Å². The molecule has 2 aliphatic rings. The average Bonchev–Trinajstić information content (AvgIpc) is 2.95. The highest BCUT2D eigenvalue weighted by molar-refractivity contribution is 5.76. The number of hydrogen-bond donors (Lipinski definition) is 0. The van der Waals surface area contributed by atoms with Crippen molar-refractivity contribution in [3.05, 3.63) is 84.5 Å². The summed E-state index contributed by atoms with van der Waals surface area (Å²) in [6.07, 6.45) is 13.1. The van der Waals surface area contributed by atoms with Crippen LogP contribution in [-0.4, -0.2) is 51.1 Å². The molecule has 4 aromatic heterocycles. The SMILES string of the molecule is C.C.C=C(C)COC1CC(CCc2ccc3cccnc3n2)C1.CC(=O)COC1CC(CCc2ccc3cccnc3n2)C1. The number of ether oxygens (including phenoxy) is 2. The van der Waals surface area contributed by atoms with Crippen LogP contribution in [0.15, 0.2) is 73.1 Å². The second-order valence-electron chi connectivity index (χ2n) is 12.0. The molecule has 0 amide bonds. The number of pyridine rings is 4. The lowest BCUT2D eigenvalue weighted by Crippen LogP contribution is -2.32. The predicted molar refractivity (Wildman–Crippen MR) is 180 cm³/mol. The van der Waals surface area contributed by atoms with Gasteiger partial charge in [0.15, 0.2) is 17.1 Å². The van der Waals surface area contributed by atoms with Crippen molar-refractivity contribution < 1.29 is 14.3 Å². The molecule has 6 rings (SSSR count). The van der Waals surface area contributed by atoms with E-state index in [1.165, 1.54) is 19.3 Å². The van der Waals surface area contributed by atoms with Gasteiger partial charge in [0, 0.05) is 34.6 Å². The smallest absolute Gasteiger partial charge is 0.159 e. The van der Waals surface area contributed by atoms with Crippen LogP contribution in [0.4, 0.5) is 0 Å². The number of Topliss-reactive ketones (excluding diaryl/α,β-unsaturated/α-hetero) is 1. The minimum atomic E-state index is 0. The van der Waals surface area contributed by atoms with Gasteiger partial charge in [-0.3, -0.25) is 4.79 Å². The lowest BCUT2D eigenvalue weighted by atomic mass is 9.79. The summed E-state index contributed by atoms with van der Waals surface area (Å²) in [5.74, 6) is 1.58. The van der Waals surface area contributed by atoms with Crippen molar-refractivity contribution in [1.29, 1.82) is 0 Å². The first-order valence-electron chi connectivity index (χ1n) is 15.2. The van der Waals surface area contributed by atoms with Gasteiger partial charge in [0.05, 0.1) is 18.8 Å². The molecule has 236 valence electrons. The molecule has 0 atom stereocenters. The van der Waals surface area contributed by atoms with E-state index in [1.807, 2.05) is 25.1 Å². The second kappa shape index (κ2) is 17.1. The molecule has 7 nitrogen and oxygen atoms in total. The monoisotopic (exact) mass is 598 g/mol. The standard InChI is InChI=1S/C18H22N2O.C17H20N2O2.2CH4/c1-13(2)12-21-17-10-14(11-17)5-7-16-8-6-15-4-3-9-19-18(15)20-16;1-12(20)11-21-16-9-13(10-16)4-6-15-7-5-14-3-2-8-18-17(14)19-15;;/h3-4,6,8-9,14,17H,1,5,7,10-12H2,2H3;2-3,5,7-8,13,16H,4,6,9-11H2,1H3;2*1H4. The van der Waals surface area contributed by atoms with Crippen LogP contribution in [0.3, 0.4) is 0 Å². The van der Waals surface area contributed by atoms with E-state index in [2.05, 4.69) is 56.8 Å². The zero-order valence-electron chi connectivity index (χ0n) is 24.9. The molecule has 0 unspecified atom stereocenters. The molecular formula is C37H50N4O3.